The van der Waals surface area contributed by atoms with Gasteiger partial charge in [-0.15, -0.1) is 0 Å². The summed E-state index contributed by atoms with van der Waals surface area (Å²) in [5, 5.41) is 3.35. The Kier molecular flexibility index (Phi) is 8.21. The van der Waals surface area contributed by atoms with Crippen LogP contribution in [0.1, 0.15) is 26.2 Å². The van der Waals surface area contributed by atoms with Crippen LogP contribution in [0.25, 0.3) is 0 Å². The van der Waals surface area contributed by atoms with Gasteiger partial charge in [0.25, 0.3) is 0 Å². The van der Waals surface area contributed by atoms with Gasteiger partial charge in [-0.05, 0) is 31.9 Å². The molecule has 0 radical (unpaired) electrons. The van der Waals surface area contributed by atoms with Crippen LogP contribution >= 0.6 is 11.8 Å². The SMILES string of the molecule is CCOCCCN=C(NN)NC1CCCSC1. The predicted molar refractivity (Wildman–Crippen MR) is 74.2 cm³/mol. The molecule has 0 saturated carbocycles. The highest BCUT2D eigenvalue weighted by Gasteiger charge is 2.14. The third kappa shape index (κ3) is 6.75. The van der Waals surface area contributed by atoms with Crippen molar-refractivity contribution in [1.29, 1.82) is 0 Å². The van der Waals surface area contributed by atoms with Crippen molar-refractivity contribution in [2.24, 2.45) is 10.8 Å². The molecule has 1 aliphatic heterocycles. The summed E-state index contributed by atoms with van der Waals surface area (Å²) in [6.45, 7) is 4.27. The molecule has 1 saturated heterocycles. The monoisotopic (exact) mass is 260 g/mol. The standard InChI is InChI=1S/C11H24N4OS/c1-2-16-7-4-6-13-11(15-12)14-10-5-3-8-17-9-10/h10H,2-9,12H2,1H3,(H2,13,14,15). The van der Waals surface area contributed by atoms with E-state index >= 15 is 0 Å². The van der Waals surface area contributed by atoms with Crippen LogP contribution in [0.15, 0.2) is 4.99 Å². The van der Waals surface area contributed by atoms with Crippen LogP contribution in [-0.4, -0.2) is 43.3 Å². The maximum atomic E-state index is 5.45. The van der Waals surface area contributed by atoms with Crippen LogP contribution in [0.2, 0.25) is 0 Å². The number of guanidine groups is 1. The molecule has 6 heteroatoms. The zero-order valence-corrected chi connectivity index (χ0v) is 11.4. The number of hydrogen-bond acceptors (Lipinski definition) is 4. The van der Waals surface area contributed by atoms with Gasteiger partial charge < -0.3 is 10.1 Å². The quantitative estimate of drug-likeness (QED) is 0.216. The van der Waals surface area contributed by atoms with E-state index in [9.17, 15) is 0 Å². The first-order valence-corrected chi connectivity index (χ1v) is 7.45. The Morgan fingerprint density at radius 2 is 2.47 bits per heavy atom. The fraction of sp³-hybridized carbons (Fsp3) is 0.909. The van der Waals surface area contributed by atoms with Crippen molar-refractivity contribution in [3.63, 3.8) is 0 Å². The van der Waals surface area contributed by atoms with E-state index in [0.717, 1.165) is 31.9 Å². The van der Waals surface area contributed by atoms with Crippen molar-refractivity contribution < 1.29 is 4.74 Å². The summed E-state index contributed by atoms with van der Waals surface area (Å²) in [6.07, 6.45) is 3.40. The number of nitrogens with two attached hydrogens (primary N) is 1. The summed E-state index contributed by atoms with van der Waals surface area (Å²) in [6, 6.07) is 0.496. The van der Waals surface area contributed by atoms with Crippen LogP contribution in [0, 0.1) is 0 Å². The lowest BCUT2D eigenvalue weighted by Crippen LogP contribution is -2.48. The Morgan fingerprint density at radius 1 is 1.59 bits per heavy atom. The maximum Gasteiger partial charge on any atom is 0.205 e. The number of nitrogens with zero attached hydrogens (tertiary/aromatic N) is 1. The number of ether oxygens (including phenoxy) is 1. The van der Waals surface area contributed by atoms with Gasteiger partial charge in [-0.2, -0.15) is 11.8 Å². The number of rotatable bonds is 6. The van der Waals surface area contributed by atoms with Gasteiger partial charge in [-0.1, -0.05) is 0 Å². The molecule has 1 heterocycles. The molecular formula is C11H24N4OS. The number of hydrazine groups is 1. The topological polar surface area (TPSA) is 71.7 Å². The molecule has 0 amide bonds. The van der Waals surface area contributed by atoms with Crippen molar-refractivity contribution in [1.82, 2.24) is 10.7 Å². The van der Waals surface area contributed by atoms with Crippen LogP contribution in [0.4, 0.5) is 0 Å². The minimum Gasteiger partial charge on any atom is -0.382 e. The Labute approximate surface area is 108 Å². The lowest BCUT2D eigenvalue weighted by molar-refractivity contribution is 0.146. The molecule has 5 nitrogen and oxygen atoms in total. The van der Waals surface area contributed by atoms with Gasteiger partial charge in [0.15, 0.2) is 0 Å². The van der Waals surface area contributed by atoms with Gasteiger partial charge in [0.05, 0.1) is 0 Å². The van der Waals surface area contributed by atoms with Gasteiger partial charge in [-0.25, -0.2) is 5.84 Å². The molecule has 0 aromatic rings. The summed E-state index contributed by atoms with van der Waals surface area (Å²) in [4.78, 5) is 4.39. The van der Waals surface area contributed by atoms with Crippen LogP contribution in [0.3, 0.4) is 0 Å². The van der Waals surface area contributed by atoms with E-state index < -0.39 is 0 Å². The number of aliphatic imine (C=N–C) groups is 1. The third-order valence-corrected chi connectivity index (χ3v) is 3.77. The molecule has 1 rings (SSSR count). The van der Waals surface area contributed by atoms with E-state index in [0.29, 0.717) is 12.0 Å². The lowest BCUT2D eigenvalue weighted by Gasteiger charge is -2.23. The Balaban J connectivity index is 2.18. The van der Waals surface area contributed by atoms with E-state index in [1.807, 2.05) is 18.7 Å². The second kappa shape index (κ2) is 9.56. The molecule has 1 unspecified atom stereocenters. The van der Waals surface area contributed by atoms with Crippen LogP contribution < -0.4 is 16.6 Å². The zero-order chi connectivity index (χ0) is 12.3. The predicted octanol–water partition coefficient (Wildman–Crippen LogP) is 0.718. The molecule has 4 N–H and O–H groups in total. The molecule has 0 aromatic carbocycles. The second-order valence-corrected chi connectivity index (χ2v) is 5.13. The van der Waals surface area contributed by atoms with Gasteiger partial charge in [0, 0.05) is 31.6 Å². The van der Waals surface area contributed by atoms with Crippen LogP contribution in [-0.2, 0) is 4.74 Å². The highest BCUT2D eigenvalue weighted by Crippen LogP contribution is 2.16. The number of nitrogens with one attached hydrogen (secondary N) is 2. The first-order chi connectivity index (χ1) is 8.36. The molecule has 0 bridgehead atoms. The van der Waals surface area contributed by atoms with Crippen LogP contribution in [0.5, 0.6) is 0 Å². The van der Waals surface area contributed by atoms with Crippen molar-refractivity contribution in [3.05, 3.63) is 0 Å². The van der Waals surface area contributed by atoms with Gasteiger partial charge in [0.2, 0.25) is 5.96 Å². The molecular weight excluding hydrogens is 236 g/mol. The largest absolute Gasteiger partial charge is 0.382 e. The lowest BCUT2D eigenvalue weighted by atomic mass is 10.2. The summed E-state index contributed by atoms with van der Waals surface area (Å²) >= 11 is 1.98. The Morgan fingerprint density at radius 3 is 3.12 bits per heavy atom. The van der Waals surface area contributed by atoms with Gasteiger partial charge in [-0.3, -0.25) is 10.4 Å². The average Bonchev–Trinajstić information content (AvgIpc) is 2.38. The molecule has 1 aliphatic rings. The summed E-state index contributed by atoms with van der Waals surface area (Å²) in [5.74, 6) is 8.56. The summed E-state index contributed by atoms with van der Waals surface area (Å²) in [5.41, 5.74) is 2.63. The maximum absolute atomic E-state index is 5.45. The number of hydrogen-bond donors (Lipinski definition) is 3. The molecule has 17 heavy (non-hydrogen) atoms. The van der Waals surface area contributed by atoms with Gasteiger partial charge in [0.1, 0.15) is 0 Å². The van der Waals surface area contributed by atoms with Crippen molar-refractivity contribution in [3.8, 4) is 0 Å². The average molecular weight is 260 g/mol. The smallest absolute Gasteiger partial charge is 0.205 e. The minimum atomic E-state index is 0.496. The summed E-state index contributed by atoms with van der Waals surface area (Å²) < 4.78 is 5.25. The normalized spacial score (nSPS) is 21.3. The molecule has 1 atom stereocenters. The fourth-order valence-electron chi connectivity index (χ4n) is 1.68. The first-order valence-electron chi connectivity index (χ1n) is 6.30. The fourth-order valence-corrected chi connectivity index (χ4v) is 2.75. The highest BCUT2D eigenvalue weighted by molar-refractivity contribution is 7.99. The van der Waals surface area contributed by atoms with E-state index in [1.165, 1.54) is 18.6 Å². The third-order valence-electron chi connectivity index (χ3n) is 2.56. The molecule has 0 aromatic heterocycles. The van der Waals surface area contributed by atoms with E-state index in [4.69, 9.17) is 10.6 Å². The first kappa shape index (κ1) is 14.6. The molecule has 0 aliphatic carbocycles. The van der Waals surface area contributed by atoms with Crippen molar-refractivity contribution >= 4 is 17.7 Å². The molecule has 0 spiro atoms. The highest BCUT2D eigenvalue weighted by atomic mass is 32.2. The van der Waals surface area contributed by atoms with Gasteiger partial charge >= 0.3 is 0 Å². The second-order valence-electron chi connectivity index (χ2n) is 3.98. The van der Waals surface area contributed by atoms with E-state index in [2.05, 4.69) is 15.7 Å². The zero-order valence-electron chi connectivity index (χ0n) is 10.6. The number of thioether (sulfide) groups is 1. The van der Waals surface area contributed by atoms with E-state index in [-0.39, 0.29) is 0 Å². The van der Waals surface area contributed by atoms with Crippen molar-refractivity contribution in [2.75, 3.05) is 31.3 Å². The Bertz CT molecular complexity index is 220. The molecule has 1 fully saturated rings. The summed E-state index contributed by atoms with van der Waals surface area (Å²) in [7, 11) is 0. The Hall–Kier alpha value is -0.460. The molecule has 100 valence electrons. The van der Waals surface area contributed by atoms with E-state index in [1.54, 1.807) is 0 Å². The van der Waals surface area contributed by atoms with Crippen molar-refractivity contribution in [2.45, 2.75) is 32.2 Å². The minimum absolute atomic E-state index is 0.496.